The first-order valence-corrected chi connectivity index (χ1v) is 23.5. The van der Waals surface area contributed by atoms with Gasteiger partial charge in [-0.2, -0.15) is 0 Å². The van der Waals surface area contributed by atoms with E-state index in [1.165, 1.54) is 32.7 Å². The minimum absolute atomic E-state index is 0.636. The van der Waals surface area contributed by atoms with Gasteiger partial charge in [-0.15, -0.1) is 0 Å². The van der Waals surface area contributed by atoms with Crippen molar-refractivity contribution in [1.82, 2.24) is 24.5 Å². The van der Waals surface area contributed by atoms with E-state index < -0.39 is 0 Å². The summed E-state index contributed by atoms with van der Waals surface area (Å²) in [4.78, 5) is 21.8. The molecule has 13 rings (SSSR count). The van der Waals surface area contributed by atoms with Crippen LogP contribution in [0, 0.1) is 0 Å². The van der Waals surface area contributed by atoms with Gasteiger partial charge in [0.05, 0.1) is 33.6 Å². The van der Waals surface area contributed by atoms with Crippen molar-refractivity contribution in [2.75, 3.05) is 0 Å². The van der Waals surface area contributed by atoms with Crippen LogP contribution in [0.15, 0.2) is 237 Å². The van der Waals surface area contributed by atoms with Gasteiger partial charge in [-0.1, -0.05) is 200 Å². The van der Waals surface area contributed by atoms with Gasteiger partial charge in [-0.3, -0.25) is 9.55 Å². The van der Waals surface area contributed by atoms with Gasteiger partial charge in [0, 0.05) is 57.1 Å². The van der Waals surface area contributed by atoms with Crippen LogP contribution >= 0.6 is 0 Å². The van der Waals surface area contributed by atoms with Crippen LogP contribution in [0.3, 0.4) is 0 Å². The lowest BCUT2D eigenvalue weighted by Crippen LogP contribution is -2.05. The predicted octanol–water partition coefficient (Wildman–Crippen LogP) is 15.7. The molecule has 3 aromatic heterocycles. The van der Waals surface area contributed by atoms with Crippen LogP contribution in [-0.4, -0.2) is 24.5 Å². The molecule has 13 aromatic rings. The molecule has 0 N–H and O–H groups in total. The minimum atomic E-state index is 0.636. The van der Waals surface area contributed by atoms with E-state index in [0.717, 1.165) is 89.1 Å². The van der Waals surface area contributed by atoms with Crippen molar-refractivity contribution in [2.24, 2.45) is 0 Å². The fourth-order valence-corrected chi connectivity index (χ4v) is 10.1. The summed E-state index contributed by atoms with van der Waals surface area (Å²) in [7, 11) is 0. The summed E-state index contributed by atoms with van der Waals surface area (Å²) in [5.41, 5.74) is 14.5. The van der Waals surface area contributed by atoms with Crippen LogP contribution in [0.4, 0.5) is 0 Å². The predicted molar refractivity (Wildman–Crippen MR) is 285 cm³/mol. The van der Waals surface area contributed by atoms with Crippen molar-refractivity contribution < 1.29 is 0 Å². The Morgan fingerprint density at radius 2 is 0.899 bits per heavy atom. The number of aromatic nitrogens is 5. The normalized spacial score (nSPS) is 11.6. The lowest BCUT2D eigenvalue weighted by molar-refractivity contribution is 1.08. The van der Waals surface area contributed by atoms with Crippen LogP contribution in [0.1, 0.15) is 22.4 Å². The molecule has 5 heteroatoms. The first kappa shape index (κ1) is 40.2. The molecule has 0 radical (unpaired) electrons. The molecule has 0 aliphatic rings. The molecular weight excluding hydrogens is 839 g/mol. The van der Waals surface area contributed by atoms with E-state index in [1.807, 2.05) is 6.07 Å². The zero-order valence-electron chi connectivity index (χ0n) is 37.7. The lowest BCUT2D eigenvalue weighted by atomic mass is 9.92. The van der Waals surface area contributed by atoms with Crippen LogP contribution in [0.5, 0.6) is 0 Å². The fourth-order valence-electron chi connectivity index (χ4n) is 10.1. The third-order valence-corrected chi connectivity index (χ3v) is 13.5. The van der Waals surface area contributed by atoms with Crippen LogP contribution in [0.25, 0.3) is 105 Å². The largest absolute Gasteiger partial charge is 0.292 e. The molecule has 3 heterocycles. The fraction of sp³-hybridized carbons (Fsp3) is 0.0312. The number of benzene rings is 10. The van der Waals surface area contributed by atoms with Gasteiger partial charge in [-0.05, 0) is 74.5 Å². The molecule has 10 aromatic carbocycles. The molecular formula is C64H43N5. The number of hydrogen-bond acceptors (Lipinski definition) is 4. The molecule has 5 nitrogen and oxygen atoms in total. The Kier molecular flexibility index (Phi) is 9.90. The maximum absolute atomic E-state index is 5.49. The summed E-state index contributed by atoms with van der Waals surface area (Å²) in [6.07, 6.45) is 1.27. The number of pyridine rings is 1. The second kappa shape index (κ2) is 17.0. The highest BCUT2D eigenvalue weighted by Gasteiger charge is 2.22. The molecule has 0 bridgehead atoms. The third-order valence-electron chi connectivity index (χ3n) is 13.5. The van der Waals surface area contributed by atoms with Crippen molar-refractivity contribution >= 4 is 54.3 Å². The molecule has 0 aliphatic carbocycles. The SMILES string of the molecule is c1ccc(-c2nc(-c3ccc4ccccc4c3)c(Cc3ccc(Cc4nc5ccccc5c5ccc6c(nc(-c7ccccc7)n6-c6ccccc6)c45)cc3)c(-c3ccc4ccccc4c3)n2)cc1. The Hall–Kier alpha value is -9.06. The number of hydrogen-bond donors (Lipinski definition) is 0. The van der Waals surface area contributed by atoms with Crippen molar-refractivity contribution in [2.45, 2.75) is 12.8 Å². The summed E-state index contributed by atoms with van der Waals surface area (Å²) >= 11 is 0. The Bertz CT molecular complexity index is 3950. The second-order valence-corrected chi connectivity index (χ2v) is 17.8. The van der Waals surface area contributed by atoms with Crippen LogP contribution in [0.2, 0.25) is 0 Å². The van der Waals surface area contributed by atoms with Crippen molar-refractivity contribution in [3.05, 3.63) is 259 Å². The first-order valence-electron chi connectivity index (χ1n) is 23.5. The summed E-state index contributed by atoms with van der Waals surface area (Å²) < 4.78 is 2.28. The van der Waals surface area contributed by atoms with Gasteiger partial charge >= 0.3 is 0 Å². The zero-order valence-corrected chi connectivity index (χ0v) is 37.7. The maximum atomic E-state index is 5.49. The Labute approximate surface area is 399 Å². The number of imidazole rings is 1. The molecule has 0 aliphatic heterocycles. The van der Waals surface area contributed by atoms with E-state index in [1.54, 1.807) is 0 Å². The Balaban J connectivity index is 0.950. The molecule has 0 amide bonds. The standard InChI is InChI=1S/C64H43N5/c1-4-18-46(19-5-1)63-66-60(50-34-32-44-16-10-12-22-48(44)40-50)55(61(67-63)51-35-33-45-17-11-13-23-49(45)41-51)38-42-28-30-43(31-29-42)39-57-59-54(53-26-14-15-27-56(53)65-57)36-37-58-62(59)68-64(47-20-6-2-7-21-47)69(58)52-24-8-3-9-25-52/h1-37,40-41H,38-39H2. The minimum Gasteiger partial charge on any atom is -0.292 e. The average molecular weight is 882 g/mol. The van der Waals surface area contributed by atoms with Gasteiger partial charge in [0.1, 0.15) is 5.82 Å². The highest BCUT2D eigenvalue weighted by atomic mass is 15.1. The first-order chi connectivity index (χ1) is 34.2. The van der Waals surface area contributed by atoms with Crippen LogP contribution in [-0.2, 0) is 12.8 Å². The molecule has 0 fully saturated rings. The maximum Gasteiger partial charge on any atom is 0.160 e. The van der Waals surface area contributed by atoms with Gasteiger partial charge in [0.2, 0.25) is 0 Å². The number of fused-ring (bicyclic) bond motifs is 7. The Morgan fingerprint density at radius 1 is 0.362 bits per heavy atom. The van der Waals surface area contributed by atoms with E-state index in [2.05, 4.69) is 235 Å². The van der Waals surface area contributed by atoms with E-state index in [9.17, 15) is 0 Å². The van der Waals surface area contributed by atoms with E-state index in [4.69, 9.17) is 19.9 Å². The second-order valence-electron chi connectivity index (χ2n) is 17.8. The van der Waals surface area contributed by atoms with E-state index in [-0.39, 0.29) is 0 Å². The van der Waals surface area contributed by atoms with Crippen LogP contribution < -0.4 is 0 Å². The monoisotopic (exact) mass is 881 g/mol. The average Bonchev–Trinajstić information content (AvgIpc) is 3.82. The van der Waals surface area contributed by atoms with E-state index in [0.29, 0.717) is 18.7 Å². The number of para-hydroxylation sites is 2. The topological polar surface area (TPSA) is 56.5 Å². The molecule has 0 atom stereocenters. The van der Waals surface area contributed by atoms with Crippen molar-refractivity contribution in [1.29, 1.82) is 0 Å². The lowest BCUT2D eigenvalue weighted by Gasteiger charge is -2.18. The Morgan fingerprint density at radius 3 is 1.54 bits per heavy atom. The third kappa shape index (κ3) is 7.38. The molecule has 0 unspecified atom stereocenters. The highest BCUT2D eigenvalue weighted by molar-refractivity contribution is 6.16. The summed E-state index contributed by atoms with van der Waals surface area (Å²) in [5, 5.41) is 8.09. The molecule has 0 spiro atoms. The van der Waals surface area contributed by atoms with Gasteiger partial charge in [-0.25, -0.2) is 15.0 Å². The highest BCUT2D eigenvalue weighted by Crippen LogP contribution is 2.39. The quantitative estimate of drug-likeness (QED) is 0.136. The number of nitrogens with zero attached hydrogens (tertiary/aromatic N) is 5. The zero-order chi connectivity index (χ0) is 45.7. The molecule has 69 heavy (non-hydrogen) atoms. The smallest absolute Gasteiger partial charge is 0.160 e. The van der Waals surface area contributed by atoms with E-state index >= 15 is 0 Å². The summed E-state index contributed by atoms with van der Waals surface area (Å²) in [5.74, 6) is 1.61. The summed E-state index contributed by atoms with van der Waals surface area (Å²) in [6.45, 7) is 0. The molecule has 0 saturated carbocycles. The van der Waals surface area contributed by atoms with Gasteiger partial charge < -0.3 is 0 Å². The number of rotatable bonds is 9. The van der Waals surface area contributed by atoms with Gasteiger partial charge in [0.25, 0.3) is 0 Å². The van der Waals surface area contributed by atoms with Crippen molar-refractivity contribution in [3.8, 4) is 51.0 Å². The molecule has 324 valence electrons. The van der Waals surface area contributed by atoms with Gasteiger partial charge in [0.15, 0.2) is 5.82 Å². The molecule has 0 saturated heterocycles. The summed E-state index contributed by atoms with van der Waals surface area (Å²) in [6, 6.07) is 83.8. The van der Waals surface area contributed by atoms with Crippen molar-refractivity contribution in [3.63, 3.8) is 0 Å².